The van der Waals surface area contributed by atoms with Crippen LogP contribution < -0.4 is 5.32 Å². The quantitative estimate of drug-likeness (QED) is 0.883. The van der Waals surface area contributed by atoms with Crippen LogP contribution in [-0.4, -0.2) is 41.5 Å². The number of hydrogen-bond acceptors (Lipinski definition) is 4. The molecule has 0 unspecified atom stereocenters. The van der Waals surface area contributed by atoms with Crippen LogP contribution in [0.3, 0.4) is 0 Å². The molecule has 1 spiro atoms. The summed E-state index contributed by atoms with van der Waals surface area (Å²) in [6, 6.07) is 0. The summed E-state index contributed by atoms with van der Waals surface area (Å²) < 4.78 is 52.4. The number of rotatable bonds is 3. The molecule has 1 aromatic heterocycles. The van der Waals surface area contributed by atoms with Crippen molar-refractivity contribution in [3.8, 4) is 0 Å². The lowest BCUT2D eigenvalue weighted by Gasteiger charge is -2.40. The van der Waals surface area contributed by atoms with Crippen LogP contribution in [0.25, 0.3) is 0 Å². The van der Waals surface area contributed by atoms with Crippen molar-refractivity contribution < 1.29 is 22.0 Å². The SMILES string of the molecule is Cc1nn(C(F)F)cc1S(=O)(=O)N1CCC2(CC=CNC2=O)CC1. The Balaban J connectivity index is 1.80. The summed E-state index contributed by atoms with van der Waals surface area (Å²) in [5.74, 6) is -0.0938. The van der Waals surface area contributed by atoms with Crippen molar-refractivity contribution in [2.45, 2.75) is 37.6 Å². The van der Waals surface area contributed by atoms with E-state index in [0.717, 1.165) is 6.20 Å². The van der Waals surface area contributed by atoms with E-state index in [4.69, 9.17) is 0 Å². The van der Waals surface area contributed by atoms with Gasteiger partial charge in [0.25, 0.3) is 0 Å². The van der Waals surface area contributed by atoms with Gasteiger partial charge >= 0.3 is 6.55 Å². The molecule has 1 N–H and O–H groups in total. The second-order valence-electron chi connectivity index (χ2n) is 6.10. The Morgan fingerprint density at radius 3 is 2.54 bits per heavy atom. The van der Waals surface area contributed by atoms with Crippen molar-refractivity contribution >= 4 is 15.9 Å². The molecule has 3 rings (SSSR count). The summed E-state index contributed by atoms with van der Waals surface area (Å²) in [5.41, 5.74) is -0.544. The molecule has 0 aromatic carbocycles. The van der Waals surface area contributed by atoms with Gasteiger partial charge in [0.05, 0.1) is 17.3 Å². The minimum Gasteiger partial charge on any atom is -0.333 e. The molecule has 132 valence electrons. The number of amides is 1. The van der Waals surface area contributed by atoms with Gasteiger partial charge in [0.1, 0.15) is 4.90 Å². The van der Waals surface area contributed by atoms with E-state index in [0.29, 0.717) is 23.9 Å². The maximum atomic E-state index is 12.7. The first-order valence-electron chi connectivity index (χ1n) is 7.56. The summed E-state index contributed by atoms with van der Waals surface area (Å²) >= 11 is 0. The zero-order chi connectivity index (χ0) is 17.5. The lowest BCUT2D eigenvalue weighted by Crippen LogP contribution is -2.50. The predicted molar refractivity (Wildman–Crippen MR) is 80.5 cm³/mol. The average molecular weight is 360 g/mol. The van der Waals surface area contributed by atoms with Gasteiger partial charge in [-0.15, -0.1) is 0 Å². The number of aromatic nitrogens is 2. The molecular formula is C14H18F2N4O3S. The van der Waals surface area contributed by atoms with Crippen LogP contribution in [0.1, 0.15) is 31.5 Å². The van der Waals surface area contributed by atoms with Gasteiger partial charge in [-0.2, -0.15) is 18.2 Å². The van der Waals surface area contributed by atoms with Crippen LogP contribution >= 0.6 is 0 Å². The molecule has 1 fully saturated rings. The maximum Gasteiger partial charge on any atom is 0.333 e. The van der Waals surface area contributed by atoms with Crippen molar-refractivity contribution in [2.75, 3.05) is 13.1 Å². The molecule has 24 heavy (non-hydrogen) atoms. The van der Waals surface area contributed by atoms with Crippen molar-refractivity contribution in [2.24, 2.45) is 5.41 Å². The van der Waals surface area contributed by atoms with E-state index in [1.165, 1.54) is 11.2 Å². The molecule has 2 aliphatic rings. The minimum atomic E-state index is -3.91. The molecule has 0 saturated carbocycles. The predicted octanol–water partition coefficient (Wildman–Crippen LogP) is 1.39. The Hall–Kier alpha value is -1.81. The van der Waals surface area contributed by atoms with Crippen LogP contribution in [0.15, 0.2) is 23.4 Å². The van der Waals surface area contributed by atoms with Crippen molar-refractivity contribution in [1.29, 1.82) is 0 Å². The molecule has 2 aliphatic heterocycles. The Bertz CT molecular complexity index is 780. The Morgan fingerprint density at radius 1 is 1.33 bits per heavy atom. The smallest absolute Gasteiger partial charge is 0.333 e. The third-order valence-electron chi connectivity index (χ3n) is 4.69. The number of sulfonamides is 1. The highest BCUT2D eigenvalue weighted by molar-refractivity contribution is 7.89. The summed E-state index contributed by atoms with van der Waals surface area (Å²) in [6.07, 6.45) is 5.68. The molecule has 3 heterocycles. The van der Waals surface area contributed by atoms with E-state index in [1.54, 1.807) is 6.20 Å². The third kappa shape index (κ3) is 2.73. The van der Waals surface area contributed by atoms with Gasteiger partial charge in [-0.25, -0.2) is 13.1 Å². The molecule has 0 aliphatic carbocycles. The summed E-state index contributed by atoms with van der Waals surface area (Å²) in [4.78, 5) is 11.9. The first-order valence-corrected chi connectivity index (χ1v) is 9.00. The number of carbonyl (C=O) groups excluding carboxylic acids is 1. The lowest BCUT2D eigenvalue weighted by molar-refractivity contribution is -0.132. The molecular weight excluding hydrogens is 342 g/mol. The first kappa shape index (κ1) is 17.0. The fourth-order valence-electron chi connectivity index (χ4n) is 3.21. The topological polar surface area (TPSA) is 84.3 Å². The largest absolute Gasteiger partial charge is 0.333 e. The molecule has 1 aromatic rings. The van der Waals surface area contributed by atoms with Gasteiger partial charge in [-0.3, -0.25) is 4.79 Å². The highest BCUT2D eigenvalue weighted by Gasteiger charge is 2.44. The van der Waals surface area contributed by atoms with E-state index in [2.05, 4.69) is 10.4 Å². The van der Waals surface area contributed by atoms with Gasteiger partial charge in [0, 0.05) is 13.1 Å². The van der Waals surface area contributed by atoms with Crippen molar-refractivity contribution in [3.05, 3.63) is 24.2 Å². The van der Waals surface area contributed by atoms with Crippen molar-refractivity contribution in [1.82, 2.24) is 19.4 Å². The minimum absolute atomic E-state index is 0.0360. The number of nitrogens with zero attached hydrogens (tertiary/aromatic N) is 3. The monoisotopic (exact) mass is 360 g/mol. The van der Waals surface area contributed by atoms with Gasteiger partial charge in [0.2, 0.25) is 15.9 Å². The normalized spacial score (nSPS) is 21.4. The fourth-order valence-corrected chi connectivity index (χ4v) is 4.80. The second kappa shape index (κ2) is 5.92. The summed E-state index contributed by atoms with van der Waals surface area (Å²) in [6.45, 7) is -1.17. The molecule has 7 nitrogen and oxygen atoms in total. The van der Waals surface area contributed by atoms with Gasteiger partial charge in [0.15, 0.2) is 0 Å². The van der Waals surface area contributed by atoms with E-state index in [-0.39, 0.29) is 29.6 Å². The molecule has 1 amide bonds. The standard InChI is InChI=1S/C14H18F2N4O3S/c1-10-11(9-20(18-10)13(15)16)24(22,23)19-7-4-14(5-8-19)3-2-6-17-12(14)21/h2,6,9,13H,3-5,7-8H2,1H3,(H,17,21). The van der Waals surface area contributed by atoms with Crippen molar-refractivity contribution in [3.63, 3.8) is 0 Å². The number of alkyl halides is 2. The third-order valence-corrected chi connectivity index (χ3v) is 6.69. The number of hydrogen-bond donors (Lipinski definition) is 1. The van der Waals surface area contributed by atoms with E-state index in [9.17, 15) is 22.0 Å². The lowest BCUT2D eigenvalue weighted by atomic mass is 9.74. The highest BCUT2D eigenvalue weighted by Crippen LogP contribution is 2.39. The van der Waals surface area contributed by atoms with Crippen LogP contribution in [0.5, 0.6) is 0 Å². The molecule has 0 bridgehead atoms. The molecule has 1 saturated heterocycles. The summed E-state index contributed by atoms with van der Waals surface area (Å²) in [5, 5.41) is 6.22. The highest BCUT2D eigenvalue weighted by atomic mass is 32.2. The number of nitrogens with one attached hydrogen (secondary N) is 1. The molecule has 10 heteroatoms. The van der Waals surface area contributed by atoms with Gasteiger partial charge < -0.3 is 5.32 Å². The van der Waals surface area contributed by atoms with E-state index in [1.807, 2.05) is 6.08 Å². The van der Waals surface area contributed by atoms with Crippen LogP contribution in [0.2, 0.25) is 0 Å². The number of aryl methyl sites for hydroxylation is 1. The number of piperidine rings is 1. The Kier molecular flexibility index (Phi) is 4.20. The van der Waals surface area contributed by atoms with Crippen LogP contribution in [-0.2, 0) is 14.8 Å². The van der Waals surface area contributed by atoms with Crippen LogP contribution in [0.4, 0.5) is 8.78 Å². The average Bonchev–Trinajstić information content (AvgIpc) is 2.94. The first-order chi connectivity index (χ1) is 11.3. The Labute approximate surface area is 138 Å². The zero-order valence-corrected chi connectivity index (χ0v) is 13.9. The van der Waals surface area contributed by atoms with Gasteiger partial charge in [-0.05, 0) is 32.4 Å². The summed E-state index contributed by atoms with van der Waals surface area (Å²) in [7, 11) is -3.91. The number of halogens is 2. The zero-order valence-electron chi connectivity index (χ0n) is 13.1. The molecule has 0 atom stereocenters. The maximum absolute atomic E-state index is 12.7. The van der Waals surface area contributed by atoms with E-state index < -0.39 is 22.0 Å². The Morgan fingerprint density at radius 2 is 2.00 bits per heavy atom. The second-order valence-corrected chi connectivity index (χ2v) is 8.01. The van der Waals surface area contributed by atoms with Gasteiger partial charge in [-0.1, -0.05) is 6.08 Å². The number of carbonyl (C=O) groups is 1. The fraction of sp³-hybridized carbons (Fsp3) is 0.571. The molecule has 0 radical (unpaired) electrons. The van der Waals surface area contributed by atoms with E-state index >= 15 is 0 Å². The number of allylic oxidation sites excluding steroid dienone is 1. The van der Waals surface area contributed by atoms with Crippen LogP contribution in [0, 0.1) is 12.3 Å².